The highest BCUT2D eigenvalue weighted by atomic mass is 35.5. The van der Waals surface area contributed by atoms with Crippen LogP contribution in [0.15, 0.2) is 36.9 Å². The van der Waals surface area contributed by atoms with E-state index >= 15 is 0 Å². The topological polar surface area (TPSA) is 3.24 Å². The van der Waals surface area contributed by atoms with Crippen LogP contribution in [0.25, 0.3) is 0 Å². The molecule has 3 heteroatoms. The van der Waals surface area contributed by atoms with Crippen LogP contribution >= 0.6 is 23.4 Å². The van der Waals surface area contributed by atoms with Crippen LogP contribution < -0.4 is 4.42 Å². The molecule has 0 N–H and O–H groups in total. The third kappa shape index (κ3) is 2.16. The molecule has 0 bridgehead atoms. The lowest BCUT2D eigenvalue weighted by atomic mass is 10.3. The van der Waals surface area contributed by atoms with Crippen molar-refractivity contribution in [1.82, 2.24) is 0 Å². The van der Waals surface area contributed by atoms with Crippen LogP contribution in [-0.2, 0) is 0 Å². The summed E-state index contributed by atoms with van der Waals surface area (Å²) in [7, 11) is 0. The van der Waals surface area contributed by atoms with E-state index in [1.54, 1.807) is 12.1 Å². The quantitative estimate of drug-likeness (QED) is 0.535. The van der Waals surface area contributed by atoms with Gasteiger partial charge in [0, 0.05) is 11.8 Å². The molecule has 0 spiro atoms. The molecular weight excluding hydrogens is 193 g/mol. The van der Waals surface area contributed by atoms with E-state index in [1.807, 2.05) is 18.2 Å². The van der Waals surface area contributed by atoms with Gasteiger partial charge in [-0.3, -0.25) is 4.42 Å². The number of rotatable bonds is 3. The van der Waals surface area contributed by atoms with Gasteiger partial charge in [0.15, 0.2) is 0 Å². The average Bonchev–Trinajstić information content (AvgIpc) is 2.05. The van der Waals surface area contributed by atoms with E-state index in [1.165, 1.54) is 4.42 Å². The van der Waals surface area contributed by atoms with Crippen LogP contribution in [0.1, 0.15) is 0 Å². The first kappa shape index (κ1) is 9.43. The molecule has 0 saturated carbocycles. The average molecular weight is 202 g/mol. The van der Waals surface area contributed by atoms with Crippen LogP contribution in [0.4, 0.5) is 5.69 Å². The lowest BCUT2D eigenvalue weighted by Gasteiger charge is -2.14. The first-order valence-electron chi connectivity index (χ1n) is 3.54. The van der Waals surface area contributed by atoms with Crippen molar-refractivity contribution >= 4 is 29.1 Å². The second kappa shape index (κ2) is 4.39. The van der Waals surface area contributed by atoms with Gasteiger partial charge in [-0.15, -0.1) is 6.58 Å². The van der Waals surface area contributed by atoms with E-state index in [0.29, 0.717) is 11.6 Å². The maximum absolute atomic E-state index is 5.89. The van der Waals surface area contributed by atoms with E-state index in [4.69, 9.17) is 23.4 Å². The number of halogens is 2. The van der Waals surface area contributed by atoms with Gasteiger partial charge in [-0.25, -0.2) is 0 Å². The van der Waals surface area contributed by atoms with Crippen molar-refractivity contribution in [3.05, 3.63) is 41.9 Å². The summed E-state index contributed by atoms with van der Waals surface area (Å²) in [4.78, 5) is 0. The molecule has 12 heavy (non-hydrogen) atoms. The van der Waals surface area contributed by atoms with Crippen LogP contribution in [0.3, 0.4) is 0 Å². The molecule has 0 saturated heterocycles. The highest BCUT2D eigenvalue weighted by Gasteiger charge is 2.03. The van der Waals surface area contributed by atoms with Gasteiger partial charge in [-0.1, -0.05) is 29.8 Å². The van der Waals surface area contributed by atoms with Gasteiger partial charge in [0.2, 0.25) is 0 Å². The normalized spacial score (nSPS) is 9.50. The Kier molecular flexibility index (Phi) is 3.45. The minimum absolute atomic E-state index is 0.575. The van der Waals surface area contributed by atoms with Gasteiger partial charge in [0.1, 0.15) is 0 Å². The number of para-hydroxylation sites is 1. The fraction of sp³-hybridized carbons (Fsp3) is 0.111. The SMILES string of the molecule is C=CCN(Cl)c1ccccc1Cl. The Balaban J connectivity index is 2.86. The molecule has 0 amide bonds. The zero-order chi connectivity index (χ0) is 8.97. The summed E-state index contributed by atoms with van der Waals surface area (Å²) in [5, 5.41) is 0.648. The van der Waals surface area contributed by atoms with Crippen molar-refractivity contribution in [3.8, 4) is 0 Å². The predicted molar refractivity (Wildman–Crippen MR) is 54.8 cm³/mol. The van der Waals surface area contributed by atoms with Gasteiger partial charge >= 0.3 is 0 Å². The zero-order valence-electron chi connectivity index (χ0n) is 6.50. The number of anilines is 1. The fourth-order valence-corrected chi connectivity index (χ4v) is 1.39. The smallest absolute Gasteiger partial charge is 0.0713 e. The molecule has 0 fully saturated rings. The second-order valence-corrected chi connectivity index (χ2v) is 3.10. The minimum atomic E-state index is 0.575. The Morgan fingerprint density at radius 2 is 2.08 bits per heavy atom. The van der Waals surface area contributed by atoms with E-state index < -0.39 is 0 Å². The molecule has 1 rings (SSSR count). The molecule has 0 atom stereocenters. The summed E-state index contributed by atoms with van der Waals surface area (Å²) >= 11 is 11.8. The van der Waals surface area contributed by atoms with Gasteiger partial charge in [0.25, 0.3) is 0 Å². The van der Waals surface area contributed by atoms with Crippen molar-refractivity contribution < 1.29 is 0 Å². The van der Waals surface area contributed by atoms with Crippen LogP contribution in [0, 0.1) is 0 Å². The van der Waals surface area contributed by atoms with Crippen molar-refractivity contribution in [1.29, 1.82) is 0 Å². The van der Waals surface area contributed by atoms with Gasteiger partial charge in [-0.2, -0.15) is 0 Å². The van der Waals surface area contributed by atoms with E-state index in [0.717, 1.165) is 5.69 Å². The lowest BCUT2D eigenvalue weighted by Crippen LogP contribution is -2.09. The van der Waals surface area contributed by atoms with Crippen LogP contribution in [0.5, 0.6) is 0 Å². The largest absolute Gasteiger partial charge is 0.280 e. The monoisotopic (exact) mass is 201 g/mol. The minimum Gasteiger partial charge on any atom is -0.280 e. The van der Waals surface area contributed by atoms with Crippen LogP contribution in [-0.4, -0.2) is 6.54 Å². The molecule has 1 aromatic carbocycles. The standard InChI is InChI=1S/C9H9Cl2N/c1-2-7-12(11)9-6-4-3-5-8(9)10/h2-6H,1,7H2. The summed E-state index contributed by atoms with van der Waals surface area (Å²) in [6.07, 6.45) is 1.72. The maximum Gasteiger partial charge on any atom is 0.0713 e. The summed E-state index contributed by atoms with van der Waals surface area (Å²) in [5.74, 6) is 0. The highest BCUT2D eigenvalue weighted by Crippen LogP contribution is 2.26. The van der Waals surface area contributed by atoms with Gasteiger partial charge in [-0.05, 0) is 12.1 Å². The summed E-state index contributed by atoms with van der Waals surface area (Å²) in [6.45, 7) is 4.16. The van der Waals surface area contributed by atoms with Crippen molar-refractivity contribution in [2.24, 2.45) is 0 Å². The molecule has 0 radical (unpaired) electrons. The Labute approximate surface area is 82.3 Å². The van der Waals surface area contributed by atoms with Crippen molar-refractivity contribution in [2.45, 2.75) is 0 Å². The maximum atomic E-state index is 5.89. The highest BCUT2D eigenvalue weighted by molar-refractivity contribution is 6.36. The Bertz CT molecular complexity index is 273. The Morgan fingerprint density at radius 1 is 1.42 bits per heavy atom. The molecule has 0 aliphatic rings. The lowest BCUT2D eigenvalue weighted by molar-refractivity contribution is 1.20. The number of nitrogens with zero attached hydrogens (tertiary/aromatic N) is 1. The molecule has 1 nitrogen and oxygen atoms in total. The Hall–Kier alpha value is -0.660. The third-order valence-corrected chi connectivity index (χ3v) is 2.04. The van der Waals surface area contributed by atoms with Crippen LogP contribution in [0.2, 0.25) is 5.02 Å². The molecule has 0 unspecified atom stereocenters. The fourth-order valence-electron chi connectivity index (χ4n) is 0.860. The predicted octanol–water partition coefficient (Wildman–Crippen LogP) is 3.49. The van der Waals surface area contributed by atoms with Gasteiger partial charge in [0.05, 0.1) is 17.3 Å². The molecule has 0 aliphatic heterocycles. The second-order valence-electron chi connectivity index (χ2n) is 2.28. The summed E-state index contributed by atoms with van der Waals surface area (Å²) in [6, 6.07) is 7.42. The van der Waals surface area contributed by atoms with E-state index in [-0.39, 0.29) is 0 Å². The Morgan fingerprint density at radius 3 is 2.67 bits per heavy atom. The molecule has 0 heterocycles. The van der Waals surface area contributed by atoms with E-state index in [2.05, 4.69) is 6.58 Å². The van der Waals surface area contributed by atoms with Gasteiger partial charge < -0.3 is 0 Å². The van der Waals surface area contributed by atoms with Crippen molar-refractivity contribution in [3.63, 3.8) is 0 Å². The first-order valence-corrected chi connectivity index (χ1v) is 4.26. The van der Waals surface area contributed by atoms with Crippen molar-refractivity contribution in [2.75, 3.05) is 11.0 Å². The number of hydrogen-bond donors (Lipinski definition) is 0. The first-order chi connectivity index (χ1) is 5.75. The molecule has 0 aromatic heterocycles. The molecule has 0 aliphatic carbocycles. The zero-order valence-corrected chi connectivity index (χ0v) is 8.02. The molecular formula is C9H9Cl2N. The van der Waals surface area contributed by atoms with E-state index in [9.17, 15) is 0 Å². The molecule has 1 aromatic rings. The number of benzene rings is 1. The molecule has 64 valence electrons. The third-order valence-electron chi connectivity index (χ3n) is 1.40. The number of hydrogen-bond acceptors (Lipinski definition) is 1. The summed E-state index contributed by atoms with van der Waals surface area (Å²) in [5.41, 5.74) is 0.806. The summed E-state index contributed by atoms with van der Waals surface area (Å²) < 4.78 is 1.52.